The number of aromatic nitrogens is 4. The van der Waals surface area contributed by atoms with Gasteiger partial charge in [0.2, 0.25) is 0 Å². The molecule has 0 spiro atoms. The highest BCUT2D eigenvalue weighted by molar-refractivity contribution is 6.29. The van der Waals surface area contributed by atoms with Crippen molar-refractivity contribution < 1.29 is 9.90 Å². The number of carboxylic acid groups (broad SMARTS) is 1. The van der Waals surface area contributed by atoms with Crippen LogP contribution in [0.25, 0.3) is 0 Å². The van der Waals surface area contributed by atoms with Crippen molar-refractivity contribution in [2.24, 2.45) is 0 Å². The minimum atomic E-state index is -1.05. The number of carbonyl (C=O) groups is 1. The van der Waals surface area contributed by atoms with Crippen LogP contribution in [0.3, 0.4) is 0 Å². The van der Waals surface area contributed by atoms with Gasteiger partial charge < -0.3 is 10.4 Å². The Morgan fingerprint density at radius 1 is 1.50 bits per heavy atom. The Labute approximate surface area is 107 Å². The fraction of sp³-hybridized carbons (Fsp3) is 0.200. The summed E-state index contributed by atoms with van der Waals surface area (Å²) in [5.74, 6) is -0.808. The van der Waals surface area contributed by atoms with Gasteiger partial charge in [0.25, 0.3) is 0 Å². The van der Waals surface area contributed by atoms with Crippen molar-refractivity contribution in [3.8, 4) is 0 Å². The average molecular weight is 268 g/mol. The average Bonchev–Trinajstić information content (AvgIpc) is 2.82. The van der Waals surface area contributed by atoms with Gasteiger partial charge in [0.15, 0.2) is 0 Å². The summed E-state index contributed by atoms with van der Waals surface area (Å²) >= 11 is 5.73. The fourth-order valence-electron chi connectivity index (χ4n) is 1.38. The maximum atomic E-state index is 11.0. The smallest absolute Gasteiger partial charge is 0.339 e. The Kier molecular flexibility index (Phi) is 3.73. The van der Waals surface area contributed by atoms with Crippen molar-refractivity contribution in [2.75, 3.05) is 11.9 Å². The van der Waals surface area contributed by atoms with Crippen molar-refractivity contribution in [2.45, 2.75) is 6.54 Å². The van der Waals surface area contributed by atoms with E-state index in [9.17, 15) is 4.79 Å². The first-order valence-corrected chi connectivity index (χ1v) is 5.52. The maximum absolute atomic E-state index is 11.0. The van der Waals surface area contributed by atoms with Crippen molar-refractivity contribution >= 4 is 23.4 Å². The molecule has 0 atom stereocenters. The van der Waals surface area contributed by atoms with E-state index in [2.05, 4.69) is 20.6 Å². The Morgan fingerprint density at radius 3 is 3.00 bits per heavy atom. The van der Waals surface area contributed by atoms with Crippen LogP contribution in [0, 0.1) is 0 Å². The molecule has 2 aromatic heterocycles. The molecule has 7 nitrogen and oxygen atoms in total. The topological polar surface area (TPSA) is 92.9 Å². The number of hydrogen-bond donors (Lipinski definition) is 2. The van der Waals surface area contributed by atoms with Crippen LogP contribution >= 0.6 is 11.6 Å². The summed E-state index contributed by atoms with van der Waals surface area (Å²) in [6.07, 6.45) is 3.28. The van der Waals surface area contributed by atoms with Gasteiger partial charge in [-0.25, -0.2) is 9.78 Å². The number of aromatic carboxylic acids is 1. The largest absolute Gasteiger partial charge is 0.478 e. The molecule has 18 heavy (non-hydrogen) atoms. The van der Waals surface area contributed by atoms with Gasteiger partial charge in [-0.3, -0.25) is 4.68 Å². The molecule has 8 heteroatoms. The van der Waals surface area contributed by atoms with Crippen LogP contribution in [-0.2, 0) is 6.54 Å². The highest BCUT2D eigenvalue weighted by Crippen LogP contribution is 2.16. The zero-order valence-corrected chi connectivity index (χ0v) is 10.0. The van der Waals surface area contributed by atoms with Crippen LogP contribution in [0.4, 0.5) is 5.82 Å². The summed E-state index contributed by atoms with van der Waals surface area (Å²) in [7, 11) is 0. The molecule has 0 unspecified atom stereocenters. The molecule has 0 aromatic carbocycles. The number of nitrogens with one attached hydrogen (secondary N) is 1. The van der Waals surface area contributed by atoms with Crippen molar-refractivity contribution in [3.05, 3.63) is 35.2 Å². The van der Waals surface area contributed by atoms with Gasteiger partial charge in [0.05, 0.1) is 12.7 Å². The SMILES string of the molecule is O=C(O)c1ccc(Cl)nc1NCCn1ccnn1. The maximum Gasteiger partial charge on any atom is 0.339 e. The number of halogens is 1. The molecule has 0 bridgehead atoms. The quantitative estimate of drug-likeness (QED) is 0.789. The molecule has 94 valence electrons. The molecule has 2 heterocycles. The number of pyridine rings is 1. The summed E-state index contributed by atoms with van der Waals surface area (Å²) in [4.78, 5) is 14.9. The molecule has 0 saturated heterocycles. The molecule has 0 fully saturated rings. The van der Waals surface area contributed by atoms with Crippen LogP contribution < -0.4 is 5.32 Å². The summed E-state index contributed by atoms with van der Waals surface area (Å²) in [6, 6.07) is 2.85. The van der Waals surface area contributed by atoms with Gasteiger partial charge in [-0.1, -0.05) is 16.8 Å². The summed E-state index contributed by atoms with van der Waals surface area (Å²) in [6.45, 7) is 1.02. The lowest BCUT2D eigenvalue weighted by atomic mass is 10.2. The lowest BCUT2D eigenvalue weighted by Crippen LogP contribution is -2.14. The van der Waals surface area contributed by atoms with E-state index in [1.165, 1.54) is 12.1 Å². The number of carboxylic acids is 1. The first-order valence-electron chi connectivity index (χ1n) is 5.14. The lowest BCUT2D eigenvalue weighted by molar-refractivity contribution is 0.0697. The van der Waals surface area contributed by atoms with E-state index >= 15 is 0 Å². The van der Waals surface area contributed by atoms with E-state index in [-0.39, 0.29) is 16.5 Å². The second kappa shape index (κ2) is 5.46. The Balaban J connectivity index is 2.03. The van der Waals surface area contributed by atoms with E-state index in [1.807, 2.05) is 0 Å². The molecule has 2 N–H and O–H groups in total. The van der Waals surface area contributed by atoms with Gasteiger partial charge in [-0.15, -0.1) is 5.10 Å². The van der Waals surface area contributed by atoms with Crippen LogP contribution in [0.1, 0.15) is 10.4 Å². The third kappa shape index (κ3) is 2.95. The molecule has 2 rings (SSSR count). The molecule has 0 aliphatic rings. The highest BCUT2D eigenvalue weighted by Gasteiger charge is 2.11. The lowest BCUT2D eigenvalue weighted by Gasteiger charge is -2.08. The van der Waals surface area contributed by atoms with Crippen LogP contribution in [0.5, 0.6) is 0 Å². The van der Waals surface area contributed by atoms with Crippen LogP contribution in [-0.4, -0.2) is 37.6 Å². The van der Waals surface area contributed by atoms with Gasteiger partial charge >= 0.3 is 5.97 Å². The number of hydrogen-bond acceptors (Lipinski definition) is 5. The first kappa shape index (κ1) is 12.3. The van der Waals surface area contributed by atoms with Crippen molar-refractivity contribution in [1.82, 2.24) is 20.0 Å². The number of rotatable bonds is 5. The van der Waals surface area contributed by atoms with E-state index < -0.39 is 5.97 Å². The Hall–Kier alpha value is -2.15. The fourth-order valence-corrected chi connectivity index (χ4v) is 1.53. The standard InChI is InChI=1S/C10H10ClN5O2/c11-8-2-1-7(10(17)18)9(14-8)12-3-5-16-6-4-13-15-16/h1-2,4,6H,3,5H2,(H,12,14)(H,17,18). The number of nitrogens with zero attached hydrogens (tertiary/aromatic N) is 4. The molecule has 0 saturated carbocycles. The summed E-state index contributed by atoms with van der Waals surface area (Å²) in [5.41, 5.74) is 0.0815. The van der Waals surface area contributed by atoms with Crippen LogP contribution in [0.2, 0.25) is 5.15 Å². The minimum absolute atomic E-state index is 0.0815. The normalized spacial score (nSPS) is 10.3. The van der Waals surface area contributed by atoms with Gasteiger partial charge in [0.1, 0.15) is 16.5 Å². The predicted molar refractivity (Wildman–Crippen MR) is 64.7 cm³/mol. The summed E-state index contributed by atoms with van der Waals surface area (Å²) < 4.78 is 1.62. The van der Waals surface area contributed by atoms with E-state index in [4.69, 9.17) is 16.7 Å². The predicted octanol–water partition coefficient (Wildman–Crippen LogP) is 1.14. The van der Waals surface area contributed by atoms with Gasteiger partial charge in [0, 0.05) is 12.7 Å². The molecular formula is C10H10ClN5O2. The Morgan fingerprint density at radius 2 is 2.33 bits per heavy atom. The van der Waals surface area contributed by atoms with Crippen LogP contribution in [0.15, 0.2) is 24.5 Å². The third-order valence-corrected chi connectivity index (χ3v) is 2.41. The van der Waals surface area contributed by atoms with Gasteiger partial charge in [-0.2, -0.15) is 0 Å². The zero-order valence-electron chi connectivity index (χ0n) is 9.25. The molecular weight excluding hydrogens is 258 g/mol. The van der Waals surface area contributed by atoms with Gasteiger partial charge in [-0.05, 0) is 12.1 Å². The second-order valence-corrected chi connectivity index (χ2v) is 3.82. The van der Waals surface area contributed by atoms with Crippen molar-refractivity contribution in [3.63, 3.8) is 0 Å². The second-order valence-electron chi connectivity index (χ2n) is 3.43. The molecule has 0 amide bonds. The molecule has 0 aliphatic heterocycles. The van der Waals surface area contributed by atoms with E-state index in [1.54, 1.807) is 17.1 Å². The molecule has 2 aromatic rings. The van der Waals surface area contributed by atoms with E-state index in [0.29, 0.717) is 13.1 Å². The monoisotopic (exact) mass is 267 g/mol. The summed E-state index contributed by atoms with van der Waals surface area (Å²) in [5, 5.41) is 19.6. The molecule has 0 aliphatic carbocycles. The zero-order chi connectivity index (χ0) is 13.0. The minimum Gasteiger partial charge on any atom is -0.478 e. The highest BCUT2D eigenvalue weighted by atomic mass is 35.5. The third-order valence-electron chi connectivity index (χ3n) is 2.20. The first-order chi connectivity index (χ1) is 8.66. The molecule has 0 radical (unpaired) electrons. The Bertz CT molecular complexity index is 543. The van der Waals surface area contributed by atoms with Crippen molar-refractivity contribution in [1.29, 1.82) is 0 Å². The number of anilines is 1. The van der Waals surface area contributed by atoms with E-state index in [0.717, 1.165) is 0 Å².